The number of aldehydes is 1. The van der Waals surface area contributed by atoms with Crippen molar-refractivity contribution in [3.63, 3.8) is 0 Å². The topological polar surface area (TPSA) is 35.5 Å². The molecule has 0 heterocycles. The van der Waals surface area contributed by atoms with Crippen molar-refractivity contribution in [3.8, 4) is 11.5 Å². The van der Waals surface area contributed by atoms with Crippen molar-refractivity contribution >= 4 is 6.29 Å². The fourth-order valence-corrected chi connectivity index (χ4v) is 1.79. The largest absolute Gasteiger partial charge is 0.493 e. The van der Waals surface area contributed by atoms with E-state index in [9.17, 15) is 4.79 Å². The molecule has 3 nitrogen and oxygen atoms in total. The van der Waals surface area contributed by atoms with E-state index >= 15 is 0 Å². The molecule has 0 saturated heterocycles. The van der Waals surface area contributed by atoms with Crippen molar-refractivity contribution in [1.29, 1.82) is 0 Å². The molecule has 0 aliphatic rings. The summed E-state index contributed by atoms with van der Waals surface area (Å²) >= 11 is 0. The van der Waals surface area contributed by atoms with Gasteiger partial charge < -0.3 is 9.47 Å². The van der Waals surface area contributed by atoms with Crippen molar-refractivity contribution in [1.82, 2.24) is 0 Å². The Labute approximate surface area is 119 Å². The highest BCUT2D eigenvalue weighted by Crippen LogP contribution is 2.23. The van der Waals surface area contributed by atoms with Crippen LogP contribution in [0.25, 0.3) is 0 Å². The van der Waals surface area contributed by atoms with E-state index in [0.29, 0.717) is 30.3 Å². The highest BCUT2D eigenvalue weighted by molar-refractivity contribution is 5.76. The quantitative estimate of drug-likeness (QED) is 0.716. The predicted molar refractivity (Wildman–Crippen MR) is 78.4 cm³/mol. The van der Waals surface area contributed by atoms with Crippen LogP contribution in [-0.4, -0.2) is 12.9 Å². The van der Waals surface area contributed by atoms with Crippen molar-refractivity contribution in [2.45, 2.75) is 20.0 Å². The molecule has 2 aromatic carbocycles. The van der Waals surface area contributed by atoms with Crippen molar-refractivity contribution < 1.29 is 14.3 Å². The molecule has 0 amide bonds. The number of rotatable bonds is 7. The van der Waals surface area contributed by atoms with Gasteiger partial charge in [0, 0.05) is 11.6 Å². The maximum atomic E-state index is 10.9. The van der Waals surface area contributed by atoms with Gasteiger partial charge in [-0.05, 0) is 24.1 Å². The Balaban J connectivity index is 2.08. The Morgan fingerprint density at radius 3 is 2.35 bits per heavy atom. The monoisotopic (exact) mass is 270 g/mol. The lowest BCUT2D eigenvalue weighted by Crippen LogP contribution is -1.99. The van der Waals surface area contributed by atoms with Gasteiger partial charge in [0.05, 0.1) is 6.61 Å². The third-order valence-corrected chi connectivity index (χ3v) is 2.76. The first-order valence-corrected chi connectivity index (χ1v) is 6.71. The van der Waals surface area contributed by atoms with Gasteiger partial charge in [0.15, 0.2) is 0 Å². The van der Waals surface area contributed by atoms with Crippen molar-refractivity contribution in [2.24, 2.45) is 0 Å². The summed E-state index contributed by atoms with van der Waals surface area (Å²) in [4.78, 5) is 10.9. The van der Waals surface area contributed by atoms with Gasteiger partial charge in [0.25, 0.3) is 0 Å². The Morgan fingerprint density at radius 1 is 1.00 bits per heavy atom. The van der Waals surface area contributed by atoms with Crippen LogP contribution in [0.1, 0.15) is 29.3 Å². The average molecular weight is 270 g/mol. The molecule has 2 aromatic rings. The zero-order valence-corrected chi connectivity index (χ0v) is 11.5. The minimum atomic E-state index is 0.469. The Hall–Kier alpha value is -2.29. The molecule has 0 bridgehead atoms. The zero-order chi connectivity index (χ0) is 14.2. The second-order valence-corrected chi connectivity index (χ2v) is 4.48. The van der Waals surface area contributed by atoms with Crippen LogP contribution < -0.4 is 9.47 Å². The summed E-state index contributed by atoms with van der Waals surface area (Å²) in [5.41, 5.74) is 1.64. The van der Waals surface area contributed by atoms with Crippen LogP contribution in [0.5, 0.6) is 11.5 Å². The number of carbonyl (C=O) groups excluding carboxylic acids is 1. The summed E-state index contributed by atoms with van der Waals surface area (Å²) in [6, 6.07) is 15.1. The molecule has 0 fully saturated rings. The van der Waals surface area contributed by atoms with Gasteiger partial charge in [-0.25, -0.2) is 0 Å². The molecule has 0 spiro atoms. The molecule has 0 aromatic heterocycles. The van der Waals surface area contributed by atoms with Gasteiger partial charge in [-0.15, -0.1) is 0 Å². The average Bonchev–Trinajstić information content (AvgIpc) is 2.51. The predicted octanol–water partition coefficient (Wildman–Crippen LogP) is 3.87. The van der Waals surface area contributed by atoms with Crippen LogP contribution in [0.3, 0.4) is 0 Å². The molecule has 0 N–H and O–H groups in total. The van der Waals surface area contributed by atoms with Gasteiger partial charge in [-0.2, -0.15) is 0 Å². The minimum absolute atomic E-state index is 0.469. The number of ether oxygens (including phenoxy) is 2. The summed E-state index contributed by atoms with van der Waals surface area (Å²) in [6.07, 6.45) is 1.72. The minimum Gasteiger partial charge on any atom is -0.493 e. The van der Waals surface area contributed by atoms with Gasteiger partial charge >= 0.3 is 0 Å². The number of benzene rings is 2. The molecule has 0 radical (unpaired) electrons. The molecule has 0 unspecified atom stereocenters. The van der Waals surface area contributed by atoms with Gasteiger partial charge in [0.2, 0.25) is 0 Å². The summed E-state index contributed by atoms with van der Waals surface area (Å²) in [5, 5.41) is 0. The second kappa shape index (κ2) is 7.34. The van der Waals surface area contributed by atoms with E-state index in [1.54, 1.807) is 12.1 Å². The maximum absolute atomic E-state index is 10.9. The number of carbonyl (C=O) groups is 1. The molecule has 20 heavy (non-hydrogen) atoms. The van der Waals surface area contributed by atoms with E-state index in [-0.39, 0.29) is 0 Å². The standard InChI is InChI=1S/C17H18O3/c1-2-8-19-16-9-15(12-18)10-17(11-16)20-13-14-6-4-3-5-7-14/h3-7,9-12H,2,8,13H2,1H3. The molecule has 3 heteroatoms. The normalized spacial score (nSPS) is 10.1. The molecule has 104 valence electrons. The Bertz CT molecular complexity index is 549. The first-order chi connectivity index (χ1) is 9.81. The fraction of sp³-hybridized carbons (Fsp3) is 0.235. The molecular formula is C17H18O3. The smallest absolute Gasteiger partial charge is 0.150 e. The van der Waals surface area contributed by atoms with Crippen LogP contribution in [0.4, 0.5) is 0 Å². The Morgan fingerprint density at radius 2 is 1.70 bits per heavy atom. The summed E-state index contributed by atoms with van der Waals surface area (Å²) in [7, 11) is 0. The van der Waals surface area contributed by atoms with E-state index < -0.39 is 0 Å². The molecule has 0 saturated carbocycles. The molecule has 0 aliphatic carbocycles. The SMILES string of the molecule is CCCOc1cc(C=O)cc(OCc2ccccc2)c1. The van der Waals surface area contributed by atoms with Crippen molar-refractivity contribution in [2.75, 3.05) is 6.61 Å². The second-order valence-electron chi connectivity index (χ2n) is 4.48. The van der Waals surface area contributed by atoms with Crippen LogP contribution in [0.15, 0.2) is 48.5 Å². The van der Waals surface area contributed by atoms with Gasteiger partial charge in [0.1, 0.15) is 24.4 Å². The molecule has 2 rings (SSSR count). The zero-order valence-electron chi connectivity index (χ0n) is 11.5. The van der Waals surface area contributed by atoms with Gasteiger partial charge in [-0.3, -0.25) is 4.79 Å². The lowest BCUT2D eigenvalue weighted by molar-refractivity contribution is 0.112. The van der Waals surface area contributed by atoms with Crippen LogP contribution in [0.2, 0.25) is 0 Å². The van der Waals surface area contributed by atoms with E-state index in [1.165, 1.54) is 0 Å². The summed E-state index contributed by atoms with van der Waals surface area (Å²) < 4.78 is 11.3. The summed E-state index contributed by atoms with van der Waals surface area (Å²) in [6.45, 7) is 3.13. The first kappa shape index (κ1) is 14.1. The highest BCUT2D eigenvalue weighted by atomic mass is 16.5. The van der Waals surface area contributed by atoms with Gasteiger partial charge in [-0.1, -0.05) is 37.3 Å². The maximum Gasteiger partial charge on any atom is 0.150 e. The van der Waals surface area contributed by atoms with E-state index in [2.05, 4.69) is 0 Å². The van der Waals surface area contributed by atoms with Crippen LogP contribution in [0, 0.1) is 0 Å². The lowest BCUT2D eigenvalue weighted by Gasteiger charge is -2.10. The number of hydrogen-bond acceptors (Lipinski definition) is 3. The molecular weight excluding hydrogens is 252 g/mol. The highest BCUT2D eigenvalue weighted by Gasteiger charge is 2.03. The molecule has 0 atom stereocenters. The van der Waals surface area contributed by atoms with Crippen LogP contribution in [-0.2, 0) is 6.61 Å². The van der Waals surface area contributed by atoms with Crippen molar-refractivity contribution in [3.05, 3.63) is 59.7 Å². The Kier molecular flexibility index (Phi) is 5.18. The molecule has 0 aliphatic heterocycles. The van der Waals surface area contributed by atoms with E-state index in [1.807, 2.05) is 43.3 Å². The number of hydrogen-bond donors (Lipinski definition) is 0. The summed E-state index contributed by atoms with van der Waals surface area (Å²) in [5.74, 6) is 1.31. The van der Waals surface area contributed by atoms with E-state index in [4.69, 9.17) is 9.47 Å². The fourth-order valence-electron chi connectivity index (χ4n) is 1.79. The first-order valence-electron chi connectivity index (χ1n) is 6.71. The van der Waals surface area contributed by atoms with Crippen LogP contribution >= 0.6 is 0 Å². The third kappa shape index (κ3) is 4.12. The third-order valence-electron chi connectivity index (χ3n) is 2.76. The lowest BCUT2D eigenvalue weighted by atomic mass is 10.2. The van der Waals surface area contributed by atoms with E-state index in [0.717, 1.165) is 18.3 Å².